The molecule has 0 bridgehead atoms. The van der Waals surface area contributed by atoms with Gasteiger partial charge < -0.3 is 9.84 Å². The van der Waals surface area contributed by atoms with Crippen LogP contribution < -0.4 is 0 Å². The van der Waals surface area contributed by atoms with E-state index < -0.39 is 10.0 Å². The average molecular weight is 285 g/mol. The van der Waals surface area contributed by atoms with Gasteiger partial charge in [0.25, 0.3) is 0 Å². The molecule has 0 aliphatic carbocycles. The van der Waals surface area contributed by atoms with E-state index in [9.17, 15) is 13.5 Å². The van der Waals surface area contributed by atoms with Crippen LogP contribution in [0.15, 0.2) is 29.2 Å². The van der Waals surface area contributed by atoms with E-state index in [4.69, 9.17) is 4.74 Å². The van der Waals surface area contributed by atoms with Gasteiger partial charge in [-0.3, -0.25) is 0 Å². The van der Waals surface area contributed by atoms with Crippen LogP contribution in [0, 0.1) is 0 Å². The van der Waals surface area contributed by atoms with E-state index in [-0.39, 0.29) is 16.7 Å². The molecule has 1 heterocycles. The summed E-state index contributed by atoms with van der Waals surface area (Å²) in [6.45, 7) is 1.04. The first kappa shape index (κ1) is 14.3. The van der Waals surface area contributed by atoms with Crippen LogP contribution in [0.25, 0.3) is 0 Å². The van der Waals surface area contributed by atoms with Crippen LogP contribution >= 0.6 is 0 Å². The highest BCUT2D eigenvalue weighted by atomic mass is 32.2. The van der Waals surface area contributed by atoms with Crippen molar-refractivity contribution >= 4 is 10.0 Å². The first-order valence-corrected chi connectivity index (χ1v) is 7.81. The molecule has 1 aliphatic heterocycles. The molecule has 0 aromatic heterocycles. The maximum atomic E-state index is 12.3. The molecule has 1 atom stereocenters. The molecule has 1 N–H and O–H groups in total. The van der Waals surface area contributed by atoms with Crippen molar-refractivity contribution in [1.29, 1.82) is 0 Å². The van der Waals surface area contributed by atoms with Crippen LogP contribution in [-0.4, -0.2) is 44.1 Å². The summed E-state index contributed by atoms with van der Waals surface area (Å²) in [5, 5.41) is 9.37. The van der Waals surface area contributed by atoms with Gasteiger partial charge >= 0.3 is 0 Å². The van der Waals surface area contributed by atoms with Crippen LogP contribution in [0.5, 0.6) is 5.75 Å². The third kappa shape index (κ3) is 3.46. The Balaban J connectivity index is 2.10. The Bertz CT molecular complexity index is 523. The van der Waals surface area contributed by atoms with Gasteiger partial charge in [0.1, 0.15) is 5.75 Å². The van der Waals surface area contributed by atoms with Gasteiger partial charge in [0.2, 0.25) is 10.0 Å². The number of nitrogens with zero attached hydrogens (tertiary/aromatic N) is 1. The van der Waals surface area contributed by atoms with E-state index in [0.717, 1.165) is 19.3 Å². The number of phenolic OH excluding ortho intramolecular Hbond substituents is 1. The number of benzene rings is 1. The maximum absolute atomic E-state index is 12.3. The van der Waals surface area contributed by atoms with E-state index in [2.05, 4.69) is 0 Å². The number of likely N-dealkylation sites (N-methyl/N-ethyl adjacent to an activating group) is 1. The molecule has 6 heteroatoms. The molecular formula is C13H19NO4S. The van der Waals surface area contributed by atoms with Crippen LogP contribution in [0.4, 0.5) is 0 Å². The summed E-state index contributed by atoms with van der Waals surface area (Å²) in [5.74, 6) is -0.0524. The normalized spacial score (nSPS) is 20.6. The molecule has 1 aromatic rings. The third-order valence-corrected chi connectivity index (χ3v) is 5.08. The van der Waals surface area contributed by atoms with Crippen molar-refractivity contribution in [3.05, 3.63) is 24.3 Å². The molecular weight excluding hydrogens is 266 g/mol. The summed E-state index contributed by atoms with van der Waals surface area (Å²) >= 11 is 0. The van der Waals surface area contributed by atoms with Crippen molar-refractivity contribution in [2.75, 3.05) is 20.2 Å². The second kappa shape index (κ2) is 5.90. The number of ether oxygens (including phenoxy) is 1. The van der Waals surface area contributed by atoms with Crippen molar-refractivity contribution in [3.8, 4) is 5.75 Å². The molecule has 1 saturated heterocycles. The van der Waals surface area contributed by atoms with E-state index in [1.165, 1.54) is 35.6 Å². The lowest BCUT2D eigenvalue weighted by Gasteiger charge is -2.27. The Morgan fingerprint density at radius 1 is 1.42 bits per heavy atom. The second-order valence-electron chi connectivity index (χ2n) is 4.77. The monoisotopic (exact) mass is 285 g/mol. The standard InChI is InChI=1S/C13H19NO4S/c1-14(10-12-6-2-3-8-18-12)19(16,17)13-7-4-5-11(15)9-13/h4-5,7,9,12,15H,2-3,6,8,10H2,1H3. The molecule has 106 valence electrons. The Hall–Kier alpha value is -1.11. The number of rotatable bonds is 4. The molecule has 0 amide bonds. The van der Waals surface area contributed by atoms with Crippen molar-refractivity contribution in [3.63, 3.8) is 0 Å². The molecule has 5 nitrogen and oxygen atoms in total. The fourth-order valence-corrected chi connectivity index (χ4v) is 3.40. The molecule has 1 aliphatic rings. The number of hydrogen-bond donors (Lipinski definition) is 1. The highest BCUT2D eigenvalue weighted by Gasteiger charge is 2.25. The van der Waals surface area contributed by atoms with Crippen molar-refractivity contribution in [2.24, 2.45) is 0 Å². The zero-order chi connectivity index (χ0) is 13.9. The van der Waals surface area contributed by atoms with E-state index in [1.54, 1.807) is 0 Å². The first-order chi connectivity index (χ1) is 9.00. The Kier molecular flexibility index (Phi) is 4.44. The molecule has 0 radical (unpaired) electrons. The van der Waals surface area contributed by atoms with Crippen molar-refractivity contribution in [2.45, 2.75) is 30.3 Å². The van der Waals surface area contributed by atoms with Crippen LogP contribution in [0.2, 0.25) is 0 Å². The smallest absolute Gasteiger partial charge is 0.243 e. The largest absolute Gasteiger partial charge is 0.508 e. The minimum Gasteiger partial charge on any atom is -0.508 e. The second-order valence-corrected chi connectivity index (χ2v) is 6.82. The summed E-state index contributed by atoms with van der Waals surface area (Å²) in [6.07, 6.45) is 2.97. The highest BCUT2D eigenvalue weighted by Crippen LogP contribution is 2.21. The summed E-state index contributed by atoms with van der Waals surface area (Å²) in [5.41, 5.74) is 0. The van der Waals surface area contributed by atoms with Gasteiger partial charge in [-0.25, -0.2) is 8.42 Å². The Morgan fingerprint density at radius 3 is 2.84 bits per heavy atom. The van der Waals surface area contributed by atoms with Crippen molar-refractivity contribution in [1.82, 2.24) is 4.31 Å². The predicted molar refractivity (Wildman–Crippen MR) is 71.5 cm³/mol. The van der Waals surface area contributed by atoms with Gasteiger partial charge in [0, 0.05) is 20.2 Å². The molecule has 1 fully saturated rings. The first-order valence-electron chi connectivity index (χ1n) is 6.37. The lowest BCUT2D eigenvalue weighted by atomic mass is 10.1. The highest BCUT2D eigenvalue weighted by molar-refractivity contribution is 7.89. The lowest BCUT2D eigenvalue weighted by molar-refractivity contribution is 0.00858. The molecule has 0 spiro atoms. The number of sulfonamides is 1. The fourth-order valence-electron chi connectivity index (χ4n) is 2.16. The van der Waals surface area contributed by atoms with Gasteiger partial charge in [-0.05, 0) is 37.5 Å². The molecule has 2 rings (SSSR count). The van der Waals surface area contributed by atoms with E-state index in [1.807, 2.05) is 0 Å². The van der Waals surface area contributed by atoms with E-state index in [0.29, 0.717) is 13.2 Å². The zero-order valence-electron chi connectivity index (χ0n) is 10.9. The summed E-state index contributed by atoms with van der Waals surface area (Å²) in [4.78, 5) is 0.103. The lowest BCUT2D eigenvalue weighted by Crippen LogP contribution is -2.37. The summed E-state index contributed by atoms with van der Waals surface area (Å²) < 4.78 is 31.5. The molecule has 0 saturated carbocycles. The van der Waals surface area contributed by atoms with Gasteiger partial charge in [0.15, 0.2) is 0 Å². The zero-order valence-corrected chi connectivity index (χ0v) is 11.8. The Morgan fingerprint density at radius 2 is 2.21 bits per heavy atom. The van der Waals surface area contributed by atoms with Gasteiger partial charge in [-0.15, -0.1) is 0 Å². The number of hydrogen-bond acceptors (Lipinski definition) is 4. The van der Waals surface area contributed by atoms with Crippen LogP contribution in [0.3, 0.4) is 0 Å². The van der Waals surface area contributed by atoms with Gasteiger partial charge in [-0.2, -0.15) is 4.31 Å². The fraction of sp³-hybridized carbons (Fsp3) is 0.538. The molecule has 1 unspecified atom stereocenters. The quantitative estimate of drug-likeness (QED) is 0.912. The van der Waals surface area contributed by atoms with Gasteiger partial charge in [-0.1, -0.05) is 6.07 Å². The average Bonchev–Trinajstić information content (AvgIpc) is 2.40. The SMILES string of the molecule is CN(CC1CCCCO1)S(=O)(=O)c1cccc(O)c1. The van der Waals surface area contributed by atoms with Crippen LogP contribution in [0.1, 0.15) is 19.3 Å². The molecule has 19 heavy (non-hydrogen) atoms. The van der Waals surface area contributed by atoms with Crippen LogP contribution in [-0.2, 0) is 14.8 Å². The van der Waals surface area contributed by atoms with Crippen molar-refractivity contribution < 1.29 is 18.3 Å². The number of aromatic hydroxyl groups is 1. The summed E-state index contributed by atoms with van der Waals surface area (Å²) in [6, 6.07) is 5.71. The predicted octanol–water partition coefficient (Wildman–Crippen LogP) is 1.58. The van der Waals surface area contributed by atoms with Gasteiger partial charge in [0.05, 0.1) is 11.0 Å². The maximum Gasteiger partial charge on any atom is 0.243 e. The van der Waals surface area contributed by atoms with E-state index >= 15 is 0 Å². The minimum absolute atomic E-state index is 0.0363. The topological polar surface area (TPSA) is 66.8 Å². The minimum atomic E-state index is -3.57. The molecule has 1 aromatic carbocycles. The Labute approximate surface area is 113 Å². The number of phenols is 1. The third-order valence-electron chi connectivity index (χ3n) is 3.26. The summed E-state index contributed by atoms with van der Waals surface area (Å²) in [7, 11) is -2.03.